The number of ether oxygens (including phenoxy) is 1. The molecule has 2 aromatic rings. The van der Waals surface area contributed by atoms with Gasteiger partial charge in [0.15, 0.2) is 6.61 Å². The molecule has 1 heterocycles. The summed E-state index contributed by atoms with van der Waals surface area (Å²) in [7, 11) is 0. The van der Waals surface area contributed by atoms with Crippen molar-refractivity contribution in [2.75, 3.05) is 5.75 Å². The van der Waals surface area contributed by atoms with Crippen molar-refractivity contribution in [3.8, 4) is 5.75 Å². The monoisotopic (exact) mass is 335 g/mol. The fraction of sp³-hybridized carbons (Fsp3) is 0.438. The molecule has 2 rings (SSSR count). The molecular formula is C16H21N3O3S. The Bertz CT molecular complexity index is 670. The smallest absolute Gasteiger partial charge is 0.277 e. The predicted octanol–water partition coefficient (Wildman–Crippen LogP) is 2.88. The molecule has 0 fully saturated rings. The highest BCUT2D eigenvalue weighted by atomic mass is 32.2. The summed E-state index contributed by atoms with van der Waals surface area (Å²) in [5.74, 6) is 1.38. The lowest BCUT2D eigenvalue weighted by molar-refractivity contribution is -0.119. The van der Waals surface area contributed by atoms with E-state index in [2.05, 4.69) is 15.5 Å². The van der Waals surface area contributed by atoms with Gasteiger partial charge in [0.2, 0.25) is 5.91 Å². The first kappa shape index (κ1) is 17.3. The largest absolute Gasteiger partial charge is 0.484 e. The van der Waals surface area contributed by atoms with Gasteiger partial charge in [0.25, 0.3) is 11.1 Å². The van der Waals surface area contributed by atoms with E-state index in [4.69, 9.17) is 9.15 Å². The number of aromatic nitrogens is 2. The van der Waals surface area contributed by atoms with Crippen LogP contribution in [0, 0.1) is 13.8 Å². The maximum absolute atomic E-state index is 11.6. The van der Waals surface area contributed by atoms with Crippen molar-refractivity contribution >= 4 is 17.7 Å². The number of nitrogens with one attached hydrogen (secondary N) is 1. The van der Waals surface area contributed by atoms with Crippen molar-refractivity contribution in [3.63, 3.8) is 0 Å². The Kier molecular flexibility index (Phi) is 6.04. The quantitative estimate of drug-likeness (QED) is 0.784. The lowest BCUT2D eigenvalue weighted by Gasteiger charge is -2.07. The van der Waals surface area contributed by atoms with Gasteiger partial charge < -0.3 is 14.5 Å². The van der Waals surface area contributed by atoms with Gasteiger partial charge in [0.05, 0.1) is 5.75 Å². The van der Waals surface area contributed by atoms with Crippen LogP contribution in [0.2, 0.25) is 0 Å². The van der Waals surface area contributed by atoms with E-state index < -0.39 is 0 Å². The third kappa shape index (κ3) is 5.59. The first-order chi connectivity index (χ1) is 10.9. The van der Waals surface area contributed by atoms with Gasteiger partial charge in [-0.2, -0.15) is 0 Å². The lowest BCUT2D eigenvalue weighted by atomic mass is 10.1. The second kappa shape index (κ2) is 8.01. The van der Waals surface area contributed by atoms with Crippen LogP contribution in [0.25, 0.3) is 0 Å². The van der Waals surface area contributed by atoms with Crippen LogP contribution in [0.15, 0.2) is 27.8 Å². The molecule has 0 aliphatic rings. The molecule has 7 heteroatoms. The maximum Gasteiger partial charge on any atom is 0.277 e. The van der Waals surface area contributed by atoms with Crippen LogP contribution in [0.4, 0.5) is 0 Å². The van der Waals surface area contributed by atoms with Crippen LogP contribution in [0.3, 0.4) is 0 Å². The fourth-order valence-corrected chi connectivity index (χ4v) is 2.44. The van der Waals surface area contributed by atoms with Crippen molar-refractivity contribution < 1.29 is 13.9 Å². The standard InChI is InChI=1S/C16H21N3O3S/c1-10(2)17-14(20)9-23-16-19-18-15(22-16)8-21-13-7-11(3)5-6-12(13)4/h5-7,10H,8-9H2,1-4H3,(H,17,20). The average Bonchev–Trinajstić information content (AvgIpc) is 2.93. The van der Waals surface area contributed by atoms with E-state index in [0.29, 0.717) is 11.1 Å². The van der Waals surface area contributed by atoms with Crippen molar-refractivity contribution in [1.82, 2.24) is 15.5 Å². The molecule has 0 saturated carbocycles. The molecule has 0 atom stereocenters. The van der Waals surface area contributed by atoms with Crippen LogP contribution in [-0.4, -0.2) is 27.9 Å². The van der Waals surface area contributed by atoms with Gasteiger partial charge in [-0.25, -0.2) is 0 Å². The molecule has 1 N–H and O–H groups in total. The highest BCUT2D eigenvalue weighted by Crippen LogP contribution is 2.21. The Morgan fingerprint density at radius 2 is 2.13 bits per heavy atom. The number of hydrogen-bond donors (Lipinski definition) is 1. The van der Waals surface area contributed by atoms with Gasteiger partial charge in [-0.05, 0) is 44.9 Å². The van der Waals surface area contributed by atoms with Crippen molar-refractivity contribution in [1.29, 1.82) is 0 Å². The SMILES string of the molecule is Cc1ccc(C)c(OCc2nnc(SCC(=O)NC(C)C)o2)c1. The first-order valence-corrected chi connectivity index (χ1v) is 8.37. The Balaban J connectivity index is 1.85. The number of hydrogen-bond acceptors (Lipinski definition) is 6. The fourth-order valence-electron chi connectivity index (χ4n) is 1.85. The zero-order chi connectivity index (χ0) is 16.8. The molecule has 0 saturated heterocycles. The predicted molar refractivity (Wildman–Crippen MR) is 88.5 cm³/mol. The van der Waals surface area contributed by atoms with E-state index in [1.54, 1.807) is 0 Å². The Labute approximate surface area is 140 Å². The third-order valence-corrected chi connectivity index (χ3v) is 3.74. The summed E-state index contributed by atoms with van der Waals surface area (Å²) in [6.07, 6.45) is 0. The van der Waals surface area contributed by atoms with Crippen molar-refractivity contribution in [2.24, 2.45) is 0 Å². The number of nitrogens with zero attached hydrogens (tertiary/aromatic N) is 2. The number of aryl methyl sites for hydroxylation is 2. The van der Waals surface area contributed by atoms with Crippen LogP contribution >= 0.6 is 11.8 Å². The topological polar surface area (TPSA) is 77.2 Å². The minimum absolute atomic E-state index is 0.0589. The number of carbonyl (C=O) groups excluding carboxylic acids is 1. The molecule has 23 heavy (non-hydrogen) atoms. The summed E-state index contributed by atoms with van der Waals surface area (Å²) >= 11 is 1.21. The summed E-state index contributed by atoms with van der Waals surface area (Å²) in [6.45, 7) is 8.03. The van der Waals surface area contributed by atoms with Crippen LogP contribution < -0.4 is 10.1 Å². The molecule has 0 spiro atoms. The number of benzene rings is 1. The van der Waals surface area contributed by atoms with E-state index >= 15 is 0 Å². The molecule has 6 nitrogen and oxygen atoms in total. The molecule has 0 radical (unpaired) electrons. The maximum atomic E-state index is 11.6. The Morgan fingerprint density at radius 1 is 1.35 bits per heavy atom. The van der Waals surface area contributed by atoms with Gasteiger partial charge in [0.1, 0.15) is 5.75 Å². The van der Waals surface area contributed by atoms with E-state index in [-0.39, 0.29) is 24.3 Å². The minimum atomic E-state index is -0.0589. The van der Waals surface area contributed by atoms with E-state index in [9.17, 15) is 4.79 Å². The highest BCUT2D eigenvalue weighted by molar-refractivity contribution is 7.99. The molecule has 0 bridgehead atoms. The van der Waals surface area contributed by atoms with Gasteiger partial charge in [0, 0.05) is 6.04 Å². The summed E-state index contributed by atoms with van der Waals surface area (Å²) in [6, 6.07) is 6.13. The summed E-state index contributed by atoms with van der Waals surface area (Å²) in [5.41, 5.74) is 2.18. The molecule has 0 aliphatic heterocycles. The number of amides is 1. The number of carbonyl (C=O) groups is 1. The molecule has 0 aliphatic carbocycles. The van der Waals surface area contributed by atoms with Crippen molar-refractivity contribution in [2.45, 2.75) is 45.6 Å². The average molecular weight is 335 g/mol. The van der Waals surface area contributed by atoms with Gasteiger partial charge >= 0.3 is 0 Å². The minimum Gasteiger partial charge on any atom is -0.484 e. The molecular weight excluding hydrogens is 314 g/mol. The summed E-state index contributed by atoms with van der Waals surface area (Å²) in [5, 5.41) is 11.0. The van der Waals surface area contributed by atoms with Gasteiger partial charge in [-0.15, -0.1) is 10.2 Å². The number of rotatable bonds is 7. The molecule has 124 valence electrons. The van der Waals surface area contributed by atoms with E-state index in [1.165, 1.54) is 11.8 Å². The van der Waals surface area contributed by atoms with E-state index in [0.717, 1.165) is 16.9 Å². The highest BCUT2D eigenvalue weighted by Gasteiger charge is 2.11. The van der Waals surface area contributed by atoms with Crippen LogP contribution in [0.5, 0.6) is 5.75 Å². The summed E-state index contributed by atoms with van der Waals surface area (Å²) < 4.78 is 11.2. The molecule has 1 aromatic heterocycles. The second-order valence-electron chi connectivity index (χ2n) is 5.53. The molecule has 0 unspecified atom stereocenters. The van der Waals surface area contributed by atoms with Crippen LogP contribution in [-0.2, 0) is 11.4 Å². The Hall–Kier alpha value is -2.02. The Morgan fingerprint density at radius 3 is 2.87 bits per heavy atom. The normalized spacial score (nSPS) is 10.8. The lowest BCUT2D eigenvalue weighted by Crippen LogP contribution is -2.31. The van der Waals surface area contributed by atoms with E-state index in [1.807, 2.05) is 45.9 Å². The van der Waals surface area contributed by atoms with Crippen LogP contribution in [0.1, 0.15) is 30.9 Å². The third-order valence-electron chi connectivity index (χ3n) is 2.92. The summed E-state index contributed by atoms with van der Waals surface area (Å²) in [4.78, 5) is 11.6. The first-order valence-electron chi connectivity index (χ1n) is 7.38. The second-order valence-corrected chi connectivity index (χ2v) is 6.46. The molecule has 1 aromatic carbocycles. The number of thioether (sulfide) groups is 1. The molecule has 1 amide bonds. The zero-order valence-electron chi connectivity index (χ0n) is 13.8. The van der Waals surface area contributed by atoms with Crippen molar-refractivity contribution in [3.05, 3.63) is 35.2 Å². The van der Waals surface area contributed by atoms with Gasteiger partial charge in [-0.1, -0.05) is 23.9 Å². The van der Waals surface area contributed by atoms with Gasteiger partial charge in [-0.3, -0.25) is 4.79 Å². The zero-order valence-corrected chi connectivity index (χ0v) is 14.6.